The van der Waals surface area contributed by atoms with Gasteiger partial charge in [-0.2, -0.15) is 0 Å². The number of aryl methyl sites for hydroxylation is 1. The number of hydrogen-bond donors (Lipinski definition) is 1. The van der Waals surface area contributed by atoms with Crippen molar-refractivity contribution in [3.63, 3.8) is 0 Å². The van der Waals surface area contributed by atoms with Crippen molar-refractivity contribution in [1.82, 2.24) is 14.5 Å². The van der Waals surface area contributed by atoms with Gasteiger partial charge in [-0.15, -0.1) is 0 Å². The topological polar surface area (TPSA) is 51.0 Å². The second-order valence-corrected chi connectivity index (χ2v) is 6.21. The predicted molar refractivity (Wildman–Crippen MR) is 93.7 cm³/mol. The van der Waals surface area contributed by atoms with E-state index in [2.05, 4.69) is 49.5 Å². The zero-order chi connectivity index (χ0) is 16.6. The highest BCUT2D eigenvalue weighted by Crippen LogP contribution is 2.29. The third-order valence-electron chi connectivity index (χ3n) is 4.38. The van der Waals surface area contributed by atoms with Crippen LogP contribution in [0, 0.1) is 13.8 Å². The minimum absolute atomic E-state index is 0.784. The fourth-order valence-electron chi connectivity index (χ4n) is 2.93. The Kier molecular flexibility index (Phi) is 4.05. The third kappa shape index (κ3) is 2.68. The van der Waals surface area contributed by atoms with Crippen LogP contribution in [-0.2, 0) is 6.54 Å². The molecule has 0 amide bonds. The minimum Gasteiger partial charge on any atom is -0.318 e. The van der Waals surface area contributed by atoms with E-state index in [1.165, 1.54) is 11.3 Å². The monoisotopic (exact) mass is 310 g/mol. The van der Waals surface area contributed by atoms with E-state index in [9.17, 15) is 0 Å². The number of rotatable bonds is 4. The van der Waals surface area contributed by atoms with Gasteiger partial charge in [0.1, 0.15) is 5.39 Å². The number of fused-ring (bicyclic) bond motifs is 1. The number of anilines is 1. The molecular formula is C18H24N5+. The van der Waals surface area contributed by atoms with Crippen LogP contribution in [0.25, 0.3) is 16.7 Å². The summed E-state index contributed by atoms with van der Waals surface area (Å²) >= 11 is 0. The van der Waals surface area contributed by atoms with Gasteiger partial charge in [0.05, 0.1) is 6.54 Å². The zero-order valence-electron chi connectivity index (χ0n) is 14.2. The van der Waals surface area contributed by atoms with Crippen LogP contribution in [-0.4, -0.2) is 35.1 Å². The molecule has 0 aliphatic carbocycles. The summed E-state index contributed by atoms with van der Waals surface area (Å²) in [5.41, 5.74) is 10.9. The Morgan fingerprint density at radius 2 is 1.87 bits per heavy atom. The molecule has 23 heavy (non-hydrogen) atoms. The van der Waals surface area contributed by atoms with Gasteiger partial charge in [-0.3, -0.25) is 4.57 Å². The molecule has 0 bridgehead atoms. The molecule has 0 atom stereocenters. The van der Waals surface area contributed by atoms with Gasteiger partial charge in [-0.1, -0.05) is 23.2 Å². The summed E-state index contributed by atoms with van der Waals surface area (Å²) in [7, 11) is 4.12. The molecule has 0 fully saturated rings. The molecule has 5 heteroatoms. The first-order valence-electron chi connectivity index (χ1n) is 7.86. The molecule has 120 valence electrons. The van der Waals surface area contributed by atoms with Crippen LogP contribution in [0.15, 0.2) is 36.7 Å². The number of nitrogens with two attached hydrogens (primary N) is 1. The number of likely N-dealkylation sites (N-methyl/N-ethyl adjacent to an activating group) is 1. The highest BCUT2D eigenvalue weighted by molar-refractivity contribution is 5.90. The molecule has 2 aromatic heterocycles. The molecular weight excluding hydrogens is 286 g/mol. The summed E-state index contributed by atoms with van der Waals surface area (Å²) in [6.45, 7) is 6.00. The lowest BCUT2D eigenvalue weighted by atomic mass is 10.2. The van der Waals surface area contributed by atoms with E-state index < -0.39 is 0 Å². The average Bonchev–Trinajstić information content (AvgIpc) is 2.79. The smallest absolute Gasteiger partial charge is 0.232 e. The molecule has 0 unspecified atom stereocenters. The Balaban J connectivity index is 2.18. The summed E-state index contributed by atoms with van der Waals surface area (Å²) < 4.78 is 4.21. The van der Waals surface area contributed by atoms with Crippen LogP contribution >= 0.6 is 0 Å². The first-order valence-corrected chi connectivity index (χ1v) is 7.86. The number of nitrogens with zero attached hydrogens (tertiary/aromatic N) is 4. The Labute approximate surface area is 137 Å². The van der Waals surface area contributed by atoms with Crippen LogP contribution in [0.4, 0.5) is 5.82 Å². The van der Waals surface area contributed by atoms with E-state index in [1.807, 2.05) is 29.1 Å². The van der Waals surface area contributed by atoms with Gasteiger partial charge in [0, 0.05) is 17.9 Å². The van der Waals surface area contributed by atoms with Gasteiger partial charge in [0.25, 0.3) is 0 Å². The van der Waals surface area contributed by atoms with Gasteiger partial charge in [-0.05, 0) is 45.6 Å². The summed E-state index contributed by atoms with van der Waals surface area (Å²) in [6.07, 6.45) is 1.85. The van der Waals surface area contributed by atoms with E-state index >= 15 is 0 Å². The van der Waals surface area contributed by atoms with Gasteiger partial charge in [-0.25, -0.2) is 4.57 Å². The summed E-state index contributed by atoms with van der Waals surface area (Å²) in [4.78, 5) is 6.85. The predicted octanol–water partition coefficient (Wildman–Crippen LogP) is 2.07. The van der Waals surface area contributed by atoms with E-state index in [-0.39, 0.29) is 0 Å². The third-order valence-corrected chi connectivity index (χ3v) is 4.38. The summed E-state index contributed by atoms with van der Waals surface area (Å²) in [6, 6.07) is 10.3. The van der Waals surface area contributed by atoms with Crippen molar-refractivity contribution in [2.45, 2.75) is 20.4 Å². The Bertz CT molecular complexity index is 834. The van der Waals surface area contributed by atoms with Crippen molar-refractivity contribution < 1.29 is 4.57 Å². The van der Waals surface area contributed by atoms with Gasteiger partial charge in [0.2, 0.25) is 17.8 Å². The minimum atomic E-state index is 0.784. The molecule has 2 N–H and O–H groups in total. The lowest BCUT2D eigenvalue weighted by Crippen LogP contribution is -2.41. The summed E-state index contributed by atoms with van der Waals surface area (Å²) in [5, 5.41) is 1.05. The maximum absolute atomic E-state index is 6.46. The molecule has 0 aliphatic rings. The molecule has 3 aromatic rings. The molecule has 0 saturated heterocycles. The number of benzene rings is 1. The molecule has 5 nitrogen and oxygen atoms in total. The largest absolute Gasteiger partial charge is 0.318 e. The van der Waals surface area contributed by atoms with E-state index in [0.29, 0.717) is 0 Å². The maximum atomic E-state index is 6.46. The lowest BCUT2D eigenvalue weighted by Gasteiger charge is -2.10. The second-order valence-electron chi connectivity index (χ2n) is 6.21. The first kappa shape index (κ1) is 15.5. The van der Waals surface area contributed by atoms with Crippen molar-refractivity contribution in [2.75, 3.05) is 26.4 Å². The van der Waals surface area contributed by atoms with Crippen LogP contribution < -0.4 is 10.3 Å². The van der Waals surface area contributed by atoms with Crippen molar-refractivity contribution in [3.8, 4) is 5.69 Å². The maximum Gasteiger partial charge on any atom is 0.232 e. The Morgan fingerprint density at radius 1 is 1.17 bits per heavy atom. The van der Waals surface area contributed by atoms with Crippen molar-refractivity contribution in [2.24, 2.45) is 0 Å². The number of hydrogen-bond acceptors (Lipinski definition) is 3. The van der Waals surface area contributed by atoms with Gasteiger partial charge < -0.3 is 10.6 Å². The molecule has 0 aliphatic heterocycles. The normalized spacial score (nSPS) is 11.5. The number of nitrogen functional groups attached to an aromatic ring is 1. The molecule has 3 rings (SSSR count). The lowest BCUT2D eigenvalue weighted by molar-refractivity contribution is -0.683. The first-order chi connectivity index (χ1) is 11.0. The van der Waals surface area contributed by atoms with Crippen LogP contribution in [0.3, 0.4) is 0 Å². The average molecular weight is 310 g/mol. The van der Waals surface area contributed by atoms with Crippen molar-refractivity contribution in [3.05, 3.63) is 47.9 Å². The number of aromatic nitrogens is 3. The highest BCUT2D eigenvalue weighted by Gasteiger charge is 2.22. The van der Waals surface area contributed by atoms with Crippen molar-refractivity contribution >= 4 is 16.9 Å². The van der Waals surface area contributed by atoms with Crippen molar-refractivity contribution in [1.29, 1.82) is 0 Å². The fraction of sp³-hybridized carbons (Fsp3) is 0.333. The molecule has 0 radical (unpaired) electrons. The van der Waals surface area contributed by atoms with Crippen LogP contribution in [0.5, 0.6) is 0 Å². The summed E-state index contributed by atoms with van der Waals surface area (Å²) in [5.74, 6) is 0.784. The Morgan fingerprint density at radius 3 is 2.52 bits per heavy atom. The van der Waals surface area contributed by atoms with E-state index in [1.54, 1.807) is 0 Å². The van der Waals surface area contributed by atoms with Gasteiger partial charge >= 0.3 is 0 Å². The van der Waals surface area contributed by atoms with E-state index in [4.69, 9.17) is 10.7 Å². The highest BCUT2D eigenvalue weighted by atomic mass is 15.2. The second kappa shape index (κ2) is 6.01. The van der Waals surface area contributed by atoms with Crippen LogP contribution in [0.2, 0.25) is 0 Å². The van der Waals surface area contributed by atoms with Crippen LogP contribution in [0.1, 0.15) is 11.3 Å². The standard InChI is InChI=1S/C18H23N5/c1-13-14(2)23(15-8-6-5-7-9-15)18-16(13)17(19)22(12-20-18)11-10-21(3)4/h5-9,12,19H,10-11H2,1-4H3/p+1. The zero-order valence-corrected chi connectivity index (χ0v) is 14.2. The fourth-order valence-corrected chi connectivity index (χ4v) is 2.93. The number of para-hydroxylation sites is 1. The van der Waals surface area contributed by atoms with Gasteiger partial charge in [0.15, 0.2) is 0 Å². The van der Waals surface area contributed by atoms with E-state index in [0.717, 1.165) is 35.6 Å². The molecule has 0 spiro atoms. The molecule has 1 aromatic carbocycles. The quantitative estimate of drug-likeness (QED) is 0.751. The molecule has 0 saturated carbocycles. The molecule has 2 heterocycles. The Hall–Kier alpha value is -2.40. The SMILES string of the molecule is Cc1c(C)n(-c2ccccc2)c2nc[n+](CCN(C)C)c(N)c12.